The highest BCUT2D eigenvalue weighted by Gasteiger charge is 2.22. The van der Waals surface area contributed by atoms with Crippen molar-refractivity contribution in [3.63, 3.8) is 0 Å². The van der Waals surface area contributed by atoms with Crippen molar-refractivity contribution in [3.05, 3.63) is 29.3 Å². The Morgan fingerprint density at radius 1 is 1.37 bits per heavy atom. The zero-order valence-electron chi connectivity index (χ0n) is 11.6. The second-order valence-electron chi connectivity index (χ2n) is 5.28. The van der Waals surface area contributed by atoms with Gasteiger partial charge in [-0.15, -0.1) is 11.6 Å². The molecule has 102 valence electrons. The van der Waals surface area contributed by atoms with E-state index in [4.69, 9.17) is 11.6 Å². The van der Waals surface area contributed by atoms with Crippen LogP contribution in [0.2, 0.25) is 0 Å². The SMILES string of the molecule is CN(C)C1CCN(c2ccc(CCl)cc2C#N)CC1. The number of benzene rings is 1. The van der Waals surface area contributed by atoms with Crippen LogP contribution in [0, 0.1) is 11.3 Å². The van der Waals surface area contributed by atoms with Gasteiger partial charge in [-0.2, -0.15) is 5.26 Å². The molecule has 0 amide bonds. The van der Waals surface area contributed by atoms with Crippen LogP contribution in [0.4, 0.5) is 5.69 Å². The minimum atomic E-state index is 0.456. The summed E-state index contributed by atoms with van der Waals surface area (Å²) in [5.74, 6) is 0.456. The number of hydrogen-bond acceptors (Lipinski definition) is 3. The lowest BCUT2D eigenvalue weighted by molar-refractivity contribution is 0.249. The number of nitrogens with zero attached hydrogens (tertiary/aromatic N) is 3. The third-order valence-corrected chi connectivity index (χ3v) is 4.18. The van der Waals surface area contributed by atoms with E-state index in [2.05, 4.69) is 30.0 Å². The van der Waals surface area contributed by atoms with E-state index in [1.165, 1.54) is 0 Å². The molecule has 0 spiro atoms. The van der Waals surface area contributed by atoms with Crippen molar-refractivity contribution in [3.8, 4) is 6.07 Å². The lowest BCUT2D eigenvalue weighted by Crippen LogP contribution is -2.42. The summed E-state index contributed by atoms with van der Waals surface area (Å²) in [5, 5.41) is 9.28. The van der Waals surface area contributed by atoms with E-state index in [0.717, 1.165) is 42.7 Å². The van der Waals surface area contributed by atoms with Gasteiger partial charge in [0.2, 0.25) is 0 Å². The van der Waals surface area contributed by atoms with Crippen molar-refractivity contribution >= 4 is 17.3 Å². The summed E-state index contributed by atoms with van der Waals surface area (Å²) < 4.78 is 0. The van der Waals surface area contributed by atoms with Crippen molar-refractivity contribution in [2.45, 2.75) is 24.8 Å². The Bertz CT molecular complexity index is 471. The summed E-state index contributed by atoms with van der Waals surface area (Å²) in [4.78, 5) is 4.61. The highest BCUT2D eigenvalue weighted by Crippen LogP contribution is 2.26. The van der Waals surface area contributed by atoms with Gasteiger partial charge in [0.25, 0.3) is 0 Å². The van der Waals surface area contributed by atoms with Crippen LogP contribution in [0.3, 0.4) is 0 Å². The average Bonchev–Trinajstić information content (AvgIpc) is 2.46. The van der Waals surface area contributed by atoms with Crippen LogP contribution in [0.25, 0.3) is 0 Å². The number of anilines is 1. The first-order chi connectivity index (χ1) is 9.15. The molecule has 0 bridgehead atoms. The van der Waals surface area contributed by atoms with E-state index in [1.807, 2.05) is 18.2 Å². The van der Waals surface area contributed by atoms with Gasteiger partial charge in [-0.25, -0.2) is 0 Å². The molecule has 1 aliphatic heterocycles. The molecular weight excluding hydrogens is 258 g/mol. The number of halogens is 1. The quantitative estimate of drug-likeness (QED) is 0.796. The molecule has 0 saturated carbocycles. The van der Waals surface area contributed by atoms with Gasteiger partial charge in [0.1, 0.15) is 6.07 Å². The Labute approximate surface area is 120 Å². The number of piperidine rings is 1. The largest absolute Gasteiger partial charge is 0.370 e. The van der Waals surface area contributed by atoms with Crippen molar-refractivity contribution in [2.24, 2.45) is 0 Å². The first-order valence-corrected chi connectivity index (χ1v) is 7.19. The van der Waals surface area contributed by atoms with Gasteiger partial charge in [0.15, 0.2) is 0 Å². The maximum absolute atomic E-state index is 9.28. The number of rotatable bonds is 3. The molecule has 3 nitrogen and oxygen atoms in total. The molecule has 1 heterocycles. The Kier molecular flexibility index (Phi) is 4.68. The maximum Gasteiger partial charge on any atom is 0.101 e. The summed E-state index contributed by atoms with van der Waals surface area (Å²) in [6.45, 7) is 2.02. The molecule has 0 unspecified atom stereocenters. The minimum Gasteiger partial charge on any atom is -0.370 e. The number of nitriles is 1. The highest BCUT2D eigenvalue weighted by molar-refractivity contribution is 6.17. The monoisotopic (exact) mass is 277 g/mol. The average molecular weight is 278 g/mol. The van der Waals surface area contributed by atoms with E-state index < -0.39 is 0 Å². The second kappa shape index (κ2) is 6.27. The molecule has 1 fully saturated rings. The summed E-state index contributed by atoms with van der Waals surface area (Å²) in [6, 6.07) is 8.90. The fourth-order valence-corrected chi connectivity index (χ4v) is 2.82. The van der Waals surface area contributed by atoms with Gasteiger partial charge < -0.3 is 9.80 Å². The lowest BCUT2D eigenvalue weighted by Gasteiger charge is -2.36. The molecule has 2 rings (SSSR count). The normalized spacial score (nSPS) is 16.7. The van der Waals surface area contributed by atoms with Gasteiger partial charge in [-0.3, -0.25) is 0 Å². The van der Waals surface area contributed by atoms with E-state index in [9.17, 15) is 5.26 Å². The zero-order valence-corrected chi connectivity index (χ0v) is 12.3. The van der Waals surface area contributed by atoms with E-state index in [0.29, 0.717) is 11.9 Å². The summed E-state index contributed by atoms with van der Waals surface area (Å²) >= 11 is 5.82. The fraction of sp³-hybridized carbons (Fsp3) is 0.533. The summed E-state index contributed by atoms with van der Waals surface area (Å²) in [5.41, 5.74) is 2.79. The minimum absolute atomic E-state index is 0.456. The molecule has 1 aliphatic rings. The van der Waals surface area contributed by atoms with Crippen LogP contribution in [0.1, 0.15) is 24.0 Å². The molecule has 0 aromatic heterocycles. The third kappa shape index (κ3) is 3.20. The van der Waals surface area contributed by atoms with Crippen LogP contribution in [-0.2, 0) is 5.88 Å². The lowest BCUT2D eigenvalue weighted by atomic mass is 10.0. The Balaban J connectivity index is 2.13. The number of alkyl halides is 1. The predicted octanol–water partition coefficient (Wildman–Crippen LogP) is 2.83. The Morgan fingerprint density at radius 3 is 2.58 bits per heavy atom. The van der Waals surface area contributed by atoms with Gasteiger partial charge >= 0.3 is 0 Å². The summed E-state index contributed by atoms with van der Waals surface area (Å²) in [7, 11) is 4.27. The molecule has 1 saturated heterocycles. The van der Waals surface area contributed by atoms with Crippen molar-refractivity contribution < 1.29 is 0 Å². The van der Waals surface area contributed by atoms with E-state index >= 15 is 0 Å². The van der Waals surface area contributed by atoms with Crippen LogP contribution in [0.5, 0.6) is 0 Å². The number of hydrogen-bond donors (Lipinski definition) is 0. The van der Waals surface area contributed by atoms with Gasteiger partial charge in [-0.05, 0) is 44.6 Å². The second-order valence-corrected chi connectivity index (χ2v) is 5.55. The maximum atomic E-state index is 9.28. The molecule has 0 radical (unpaired) electrons. The third-order valence-electron chi connectivity index (χ3n) is 3.87. The van der Waals surface area contributed by atoms with E-state index in [-0.39, 0.29) is 0 Å². The molecule has 19 heavy (non-hydrogen) atoms. The first kappa shape index (κ1) is 14.2. The Morgan fingerprint density at radius 2 is 2.05 bits per heavy atom. The first-order valence-electron chi connectivity index (χ1n) is 6.66. The van der Waals surface area contributed by atoms with Crippen LogP contribution in [-0.4, -0.2) is 38.1 Å². The standard InChI is InChI=1S/C15H20ClN3/c1-18(2)14-5-7-19(8-6-14)15-4-3-12(10-16)9-13(15)11-17/h3-4,9,14H,5-8,10H2,1-2H3. The Hall–Kier alpha value is -1.24. The predicted molar refractivity (Wildman–Crippen MR) is 79.6 cm³/mol. The molecule has 4 heteroatoms. The van der Waals surface area contributed by atoms with E-state index in [1.54, 1.807) is 0 Å². The van der Waals surface area contributed by atoms with Crippen molar-refractivity contribution in [2.75, 3.05) is 32.1 Å². The van der Waals surface area contributed by atoms with Crippen molar-refractivity contribution in [1.29, 1.82) is 5.26 Å². The van der Waals surface area contributed by atoms with Crippen LogP contribution in [0.15, 0.2) is 18.2 Å². The van der Waals surface area contributed by atoms with Gasteiger partial charge in [0, 0.05) is 25.0 Å². The molecule has 0 N–H and O–H groups in total. The van der Waals surface area contributed by atoms with Crippen LogP contribution < -0.4 is 4.90 Å². The van der Waals surface area contributed by atoms with Gasteiger partial charge in [0.05, 0.1) is 11.3 Å². The molecule has 1 aromatic rings. The molecule has 0 aliphatic carbocycles. The van der Waals surface area contributed by atoms with Crippen molar-refractivity contribution in [1.82, 2.24) is 4.90 Å². The van der Waals surface area contributed by atoms with Gasteiger partial charge in [-0.1, -0.05) is 6.07 Å². The van der Waals surface area contributed by atoms with Crippen LogP contribution >= 0.6 is 11.6 Å². The molecular formula is C15H20ClN3. The smallest absolute Gasteiger partial charge is 0.101 e. The highest BCUT2D eigenvalue weighted by atomic mass is 35.5. The molecule has 1 aromatic carbocycles. The topological polar surface area (TPSA) is 30.3 Å². The summed E-state index contributed by atoms with van der Waals surface area (Å²) in [6.07, 6.45) is 2.30. The fourth-order valence-electron chi connectivity index (χ4n) is 2.65. The zero-order chi connectivity index (χ0) is 13.8. The molecule has 0 atom stereocenters.